The average molecular weight is 207 g/mol. The van der Waals surface area contributed by atoms with Gasteiger partial charge in [-0.05, 0) is 12.0 Å². The Morgan fingerprint density at radius 3 is 2.67 bits per heavy atom. The third-order valence-electron chi connectivity index (χ3n) is 2.95. The minimum atomic E-state index is -0.286. The van der Waals surface area contributed by atoms with E-state index in [1.54, 1.807) is 0 Å². The lowest BCUT2D eigenvalue weighted by Gasteiger charge is -2.22. The van der Waals surface area contributed by atoms with Gasteiger partial charge >= 0.3 is 0 Å². The zero-order valence-electron chi connectivity index (χ0n) is 8.71. The molecule has 3 heteroatoms. The van der Waals surface area contributed by atoms with Crippen LogP contribution in [0.2, 0.25) is 0 Å². The number of β-amino-alcohol motifs (C(OH)–C–C–N with tert-alkyl or cyclic N) is 1. The highest BCUT2D eigenvalue weighted by Gasteiger charge is 2.29. The van der Waals surface area contributed by atoms with Crippen molar-refractivity contribution in [3.63, 3.8) is 0 Å². The van der Waals surface area contributed by atoms with E-state index in [1.165, 1.54) is 5.56 Å². The van der Waals surface area contributed by atoms with Gasteiger partial charge in [-0.15, -0.1) is 0 Å². The normalized spacial score (nSPS) is 27.1. The number of nitrogens with zero attached hydrogens (tertiary/aromatic N) is 1. The largest absolute Gasteiger partial charge is 0.395 e. The third-order valence-corrected chi connectivity index (χ3v) is 2.95. The quantitative estimate of drug-likeness (QED) is 0.763. The maximum atomic E-state index is 9.53. The van der Waals surface area contributed by atoms with E-state index in [-0.39, 0.29) is 18.8 Å². The van der Waals surface area contributed by atoms with Gasteiger partial charge in [-0.2, -0.15) is 0 Å². The molecule has 0 bridgehead atoms. The van der Waals surface area contributed by atoms with Gasteiger partial charge in [0.05, 0.1) is 12.7 Å². The lowest BCUT2D eigenvalue weighted by atomic mass is 10.2. The van der Waals surface area contributed by atoms with Gasteiger partial charge in [0.1, 0.15) is 0 Å². The van der Waals surface area contributed by atoms with E-state index in [0.29, 0.717) is 13.0 Å². The zero-order valence-corrected chi connectivity index (χ0v) is 8.71. The minimum Gasteiger partial charge on any atom is -0.395 e. The molecule has 1 aliphatic heterocycles. The fourth-order valence-corrected chi connectivity index (χ4v) is 2.16. The molecular weight excluding hydrogens is 190 g/mol. The van der Waals surface area contributed by atoms with Gasteiger partial charge in [-0.1, -0.05) is 30.3 Å². The molecule has 3 nitrogen and oxygen atoms in total. The van der Waals surface area contributed by atoms with Crippen LogP contribution in [0.15, 0.2) is 30.3 Å². The van der Waals surface area contributed by atoms with Crippen LogP contribution in [-0.4, -0.2) is 40.4 Å². The molecule has 15 heavy (non-hydrogen) atoms. The first-order valence-electron chi connectivity index (χ1n) is 5.36. The first-order valence-corrected chi connectivity index (χ1v) is 5.36. The molecule has 2 N–H and O–H groups in total. The molecule has 0 amide bonds. The fraction of sp³-hybridized carbons (Fsp3) is 0.500. The van der Waals surface area contributed by atoms with Crippen LogP contribution < -0.4 is 0 Å². The molecule has 1 fully saturated rings. The molecule has 2 atom stereocenters. The SMILES string of the molecule is OC[C@@H]1C[C@@H](O)CN1Cc1ccccc1. The standard InChI is InChI=1S/C12H17NO2/c14-9-11-6-12(15)8-13(11)7-10-4-2-1-3-5-10/h1-5,11-12,14-15H,6-9H2/t11-,12+/m0/s1. The molecule has 1 saturated heterocycles. The molecule has 82 valence electrons. The Balaban J connectivity index is 2.00. The van der Waals surface area contributed by atoms with E-state index >= 15 is 0 Å². The van der Waals surface area contributed by atoms with Crippen molar-refractivity contribution in [3.05, 3.63) is 35.9 Å². The molecule has 0 spiro atoms. The number of aliphatic hydroxyl groups is 2. The summed E-state index contributed by atoms with van der Waals surface area (Å²) in [4.78, 5) is 2.14. The molecule has 1 aliphatic rings. The van der Waals surface area contributed by atoms with Gasteiger partial charge in [0.2, 0.25) is 0 Å². The van der Waals surface area contributed by atoms with E-state index in [2.05, 4.69) is 17.0 Å². The summed E-state index contributed by atoms with van der Waals surface area (Å²) in [5.41, 5.74) is 1.23. The van der Waals surface area contributed by atoms with Gasteiger partial charge in [0, 0.05) is 19.1 Å². The Morgan fingerprint density at radius 1 is 1.27 bits per heavy atom. The highest BCUT2D eigenvalue weighted by molar-refractivity contribution is 5.15. The topological polar surface area (TPSA) is 43.7 Å². The molecular formula is C12H17NO2. The second kappa shape index (κ2) is 4.75. The van der Waals surface area contributed by atoms with Crippen LogP contribution in [0.3, 0.4) is 0 Å². The predicted octanol–water partition coefficient (Wildman–Crippen LogP) is 0.614. The van der Waals surface area contributed by atoms with Crippen molar-refractivity contribution in [2.75, 3.05) is 13.2 Å². The van der Waals surface area contributed by atoms with Gasteiger partial charge in [-0.3, -0.25) is 4.90 Å². The second-order valence-corrected chi connectivity index (χ2v) is 4.14. The maximum Gasteiger partial charge on any atom is 0.0683 e. The van der Waals surface area contributed by atoms with Crippen LogP contribution in [0.4, 0.5) is 0 Å². The summed E-state index contributed by atoms with van der Waals surface area (Å²) >= 11 is 0. The highest BCUT2D eigenvalue weighted by Crippen LogP contribution is 2.19. The molecule has 0 aromatic heterocycles. The van der Waals surface area contributed by atoms with E-state index in [0.717, 1.165) is 6.54 Å². The molecule has 1 aromatic carbocycles. The van der Waals surface area contributed by atoms with E-state index in [4.69, 9.17) is 0 Å². The Labute approximate surface area is 90.0 Å². The van der Waals surface area contributed by atoms with Gasteiger partial charge in [-0.25, -0.2) is 0 Å². The number of benzene rings is 1. The molecule has 0 saturated carbocycles. The summed E-state index contributed by atoms with van der Waals surface area (Å²) in [5, 5.41) is 18.7. The van der Waals surface area contributed by atoms with Gasteiger partial charge in [0.25, 0.3) is 0 Å². The van der Waals surface area contributed by atoms with Crippen molar-refractivity contribution in [3.8, 4) is 0 Å². The van der Waals surface area contributed by atoms with Crippen LogP contribution in [-0.2, 0) is 6.54 Å². The maximum absolute atomic E-state index is 9.53. The first kappa shape index (κ1) is 10.6. The van der Waals surface area contributed by atoms with Crippen molar-refractivity contribution in [1.29, 1.82) is 0 Å². The summed E-state index contributed by atoms with van der Waals surface area (Å²) in [6.45, 7) is 1.60. The van der Waals surface area contributed by atoms with Gasteiger partial charge in [0.15, 0.2) is 0 Å². The van der Waals surface area contributed by atoms with Crippen molar-refractivity contribution in [2.24, 2.45) is 0 Å². The third kappa shape index (κ3) is 2.56. The van der Waals surface area contributed by atoms with Gasteiger partial charge < -0.3 is 10.2 Å². The molecule has 0 aliphatic carbocycles. The van der Waals surface area contributed by atoms with E-state index < -0.39 is 0 Å². The average Bonchev–Trinajstić information content (AvgIpc) is 2.60. The monoisotopic (exact) mass is 207 g/mol. The summed E-state index contributed by atoms with van der Waals surface area (Å²) < 4.78 is 0. The molecule has 1 aromatic rings. The first-order chi connectivity index (χ1) is 7.29. The van der Waals surface area contributed by atoms with Crippen molar-refractivity contribution in [2.45, 2.75) is 25.1 Å². The van der Waals surface area contributed by atoms with Crippen LogP contribution in [0, 0.1) is 0 Å². The Bertz CT molecular complexity index is 302. The Hall–Kier alpha value is -0.900. The van der Waals surface area contributed by atoms with Crippen LogP contribution in [0.5, 0.6) is 0 Å². The van der Waals surface area contributed by atoms with Crippen LogP contribution >= 0.6 is 0 Å². The van der Waals surface area contributed by atoms with Crippen LogP contribution in [0.1, 0.15) is 12.0 Å². The number of hydrogen-bond acceptors (Lipinski definition) is 3. The Kier molecular flexibility index (Phi) is 3.36. The van der Waals surface area contributed by atoms with Crippen LogP contribution in [0.25, 0.3) is 0 Å². The fourth-order valence-electron chi connectivity index (χ4n) is 2.16. The smallest absolute Gasteiger partial charge is 0.0683 e. The predicted molar refractivity (Wildman–Crippen MR) is 58.3 cm³/mol. The number of rotatable bonds is 3. The minimum absolute atomic E-state index is 0.111. The number of likely N-dealkylation sites (tertiary alicyclic amines) is 1. The Morgan fingerprint density at radius 2 is 2.00 bits per heavy atom. The summed E-state index contributed by atoms with van der Waals surface area (Å²) in [6, 6.07) is 10.3. The number of aliphatic hydroxyl groups excluding tert-OH is 2. The second-order valence-electron chi connectivity index (χ2n) is 4.14. The van der Waals surface area contributed by atoms with E-state index in [9.17, 15) is 10.2 Å². The van der Waals surface area contributed by atoms with Crippen molar-refractivity contribution >= 4 is 0 Å². The molecule has 0 radical (unpaired) electrons. The highest BCUT2D eigenvalue weighted by atomic mass is 16.3. The summed E-state index contributed by atoms with van der Waals surface area (Å²) in [7, 11) is 0. The molecule has 1 heterocycles. The van der Waals surface area contributed by atoms with Crippen molar-refractivity contribution < 1.29 is 10.2 Å². The summed E-state index contributed by atoms with van der Waals surface area (Å²) in [6.07, 6.45) is 0.398. The molecule has 0 unspecified atom stereocenters. The van der Waals surface area contributed by atoms with E-state index in [1.807, 2.05) is 18.2 Å². The van der Waals surface area contributed by atoms with Crippen molar-refractivity contribution in [1.82, 2.24) is 4.90 Å². The summed E-state index contributed by atoms with van der Waals surface area (Å²) in [5.74, 6) is 0. The lowest BCUT2D eigenvalue weighted by molar-refractivity contribution is 0.150. The number of hydrogen-bond donors (Lipinski definition) is 2. The molecule has 2 rings (SSSR count). The lowest BCUT2D eigenvalue weighted by Crippen LogP contribution is -2.31. The zero-order chi connectivity index (χ0) is 10.7.